The molecule has 0 aliphatic rings. The van der Waals surface area contributed by atoms with Crippen LogP contribution in [0.3, 0.4) is 0 Å². The van der Waals surface area contributed by atoms with Crippen molar-refractivity contribution >= 4 is 5.78 Å². The number of Topliss-reactive ketones (excluding diaryl/α,β-unsaturated/α-hetero) is 1. The molecule has 0 aromatic rings. The maximum Gasteiger partial charge on any atom is 0.155 e. The third-order valence-corrected chi connectivity index (χ3v) is 2.13. The number of hydrogen-bond donors (Lipinski definition) is 0. The lowest BCUT2D eigenvalue weighted by Crippen LogP contribution is -2.22. The van der Waals surface area contributed by atoms with E-state index in [9.17, 15) is 4.79 Å². The van der Waals surface area contributed by atoms with Crippen LogP contribution in [0.15, 0.2) is 36.6 Å². The zero-order valence-electron chi connectivity index (χ0n) is 11.1. The normalized spacial score (nSPS) is 11.8. The van der Waals surface area contributed by atoms with Gasteiger partial charge < -0.3 is 9.64 Å². The van der Waals surface area contributed by atoms with Crippen molar-refractivity contribution in [1.82, 2.24) is 4.90 Å². The Bertz CT molecular complexity index is 293. The van der Waals surface area contributed by atoms with Crippen LogP contribution < -0.4 is 0 Å². The number of carbonyl (C=O) groups excluding carboxylic acids is 1. The van der Waals surface area contributed by atoms with Crippen molar-refractivity contribution in [2.75, 3.05) is 26.8 Å². The Labute approximate surface area is 104 Å². The number of carbonyl (C=O) groups is 1. The van der Waals surface area contributed by atoms with Crippen LogP contribution in [0.25, 0.3) is 0 Å². The number of nitrogens with zero attached hydrogens (tertiary/aromatic N) is 1. The molecule has 3 nitrogen and oxygen atoms in total. The standard InChI is InChI=1S/C14H23NO2/c1-5-7-9-14(8-6-2)15(4)10-11-17-12-13(3)16/h6-9H,2,5,10-12H2,1,3-4H3/b9-7-,14-8+. The molecule has 96 valence electrons. The van der Waals surface area contributed by atoms with Gasteiger partial charge in [-0.1, -0.05) is 25.7 Å². The van der Waals surface area contributed by atoms with Gasteiger partial charge in [0.2, 0.25) is 0 Å². The van der Waals surface area contributed by atoms with Crippen molar-refractivity contribution in [3.63, 3.8) is 0 Å². The van der Waals surface area contributed by atoms with Gasteiger partial charge in [-0.3, -0.25) is 4.79 Å². The van der Waals surface area contributed by atoms with E-state index in [-0.39, 0.29) is 12.4 Å². The van der Waals surface area contributed by atoms with Crippen LogP contribution in [0.5, 0.6) is 0 Å². The van der Waals surface area contributed by atoms with Crippen LogP contribution in [-0.4, -0.2) is 37.5 Å². The van der Waals surface area contributed by atoms with E-state index >= 15 is 0 Å². The number of rotatable bonds is 9. The van der Waals surface area contributed by atoms with Crippen molar-refractivity contribution in [3.8, 4) is 0 Å². The van der Waals surface area contributed by atoms with Gasteiger partial charge in [-0.05, 0) is 25.5 Å². The van der Waals surface area contributed by atoms with Crippen LogP contribution >= 0.6 is 0 Å². The molecule has 3 heteroatoms. The molecule has 0 heterocycles. The summed E-state index contributed by atoms with van der Waals surface area (Å²) in [5.74, 6) is 0.0559. The second-order valence-electron chi connectivity index (χ2n) is 3.81. The van der Waals surface area contributed by atoms with Crippen LogP contribution in [-0.2, 0) is 9.53 Å². The highest BCUT2D eigenvalue weighted by Gasteiger charge is 2.00. The first-order valence-electron chi connectivity index (χ1n) is 5.89. The van der Waals surface area contributed by atoms with Gasteiger partial charge in [-0.2, -0.15) is 0 Å². The molecule has 0 aromatic heterocycles. The molecule has 0 atom stereocenters. The highest BCUT2D eigenvalue weighted by molar-refractivity contribution is 5.76. The van der Waals surface area contributed by atoms with Crippen molar-refractivity contribution in [3.05, 3.63) is 36.6 Å². The molecule has 0 saturated heterocycles. The van der Waals surface area contributed by atoms with Crippen LogP contribution in [0.4, 0.5) is 0 Å². The second-order valence-corrected chi connectivity index (χ2v) is 3.81. The monoisotopic (exact) mass is 237 g/mol. The average molecular weight is 237 g/mol. The lowest BCUT2D eigenvalue weighted by atomic mass is 10.3. The fourth-order valence-electron chi connectivity index (χ4n) is 1.22. The highest BCUT2D eigenvalue weighted by Crippen LogP contribution is 2.04. The minimum atomic E-state index is 0.0559. The molecule has 0 spiro atoms. The van der Waals surface area contributed by atoms with Crippen LogP contribution in [0.2, 0.25) is 0 Å². The first-order valence-corrected chi connectivity index (χ1v) is 5.89. The second kappa shape index (κ2) is 9.85. The maximum atomic E-state index is 10.7. The maximum absolute atomic E-state index is 10.7. The highest BCUT2D eigenvalue weighted by atomic mass is 16.5. The molecule has 0 fully saturated rings. The lowest BCUT2D eigenvalue weighted by Gasteiger charge is -2.20. The molecule has 0 aromatic carbocycles. The molecule has 0 bridgehead atoms. The molecular formula is C14H23NO2. The Hall–Kier alpha value is -1.35. The van der Waals surface area contributed by atoms with Crippen molar-refractivity contribution in [2.24, 2.45) is 0 Å². The van der Waals surface area contributed by atoms with Gasteiger partial charge >= 0.3 is 0 Å². The number of hydrogen-bond acceptors (Lipinski definition) is 3. The lowest BCUT2D eigenvalue weighted by molar-refractivity contribution is -0.121. The summed E-state index contributed by atoms with van der Waals surface area (Å²) in [5, 5.41) is 0. The Morgan fingerprint density at radius 2 is 2.18 bits per heavy atom. The molecule has 0 unspecified atom stereocenters. The summed E-state index contributed by atoms with van der Waals surface area (Å²) in [6, 6.07) is 0. The third-order valence-electron chi connectivity index (χ3n) is 2.13. The van der Waals surface area contributed by atoms with Crippen molar-refractivity contribution < 1.29 is 9.53 Å². The molecule has 0 saturated carbocycles. The quantitative estimate of drug-likeness (QED) is 0.456. The number of allylic oxidation sites excluding steroid dienone is 4. The molecule has 17 heavy (non-hydrogen) atoms. The summed E-state index contributed by atoms with van der Waals surface area (Å²) >= 11 is 0. The fraction of sp³-hybridized carbons (Fsp3) is 0.500. The van der Waals surface area contributed by atoms with Gasteiger partial charge in [0.1, 0.15) is 6.61 Å². The van der Waals surface area contributed by atoms with Gasteiger partial charge in [-0.15, -0.1) is 0 Å². The van der Waals surface area contributed by atoms with E-state index in [0.717, 1.165) is 18.7 Å². The predicted molar refractivity (Wildman–Crippen MR) is 71.8 cm³/mol. The first kappa shape index (κ1) is 15.7. The Morgan fingerprint density at radius 3 is 2.71 bits per heavy atom. The molecular weight excluding hydrogens is 214 g/mol. The van der Waals surface area contributed by atoms with E-state index in [1.165, 1.54) is 6.92 Å². The molecule has 0 aliphatic carbocycles. The average Bonchev–Trinajstić information content (AvgIpc) is 2.29. The van der Waals surface area contributed by atoms with Gasteiger partial charge in [-0.25, -0.2) is 0 Å². The molecule has 0 amide bonds. The summed E-state index contributed by atoms with van der Waals surface area (Å²) < 4.78 is 5.23. The summed E-state index contributed by atoms with van der Waals surface area (Å²) in [6.07, 6.45) is 8.89. The largest absolute Gasteiger partial charge is 0.372 e. The summed E-state index contributed by atoms with van der Waals surface area (Å²) in [4.78, 5) is 12.8. The minimum absolute atomic E-state index is 0.0559. The van der Waals surface area contributed by atoms with Crippen LogP contribution in [0.1, 0.15) is 20.3 Å². The summed E-state index contributed by atoms with van der Waals surface area (Å²) in [5.41, 5.74) is 1.09. The van der Waals surface area contributed by atoms with E-state index in [2.05, 4.69) is 30.6 Å². The van der Waals surface area contributed by atoms with Gasteiger partial charge in [0, 0.05) is 19.3 Å². The third kappa shape index (κ3) is 8.46. The number of ketones is 1. The van der Waals surface area contributed by atoms with E-state index in [1.54, 1.807) is 6.08 Å². The first-order chi connectivity index (χ1) is 8.11. The zero-order valence-corrected chi connectivity index (χ0v) is 11.1. The Morgan fingerprint density at radius 1 is 1.47 bits per heavy atom. The van der Waals surface area contributed by atoms with Crippen LogP contribution in [0, 0.1) is 0 Å². The smallest absolute Gasteiger partial charge is 0.155 e. The zero-order chi connectivity index (χ0) is 13.1. The number of ether oxygens (including phenoxy) is 1. The van der Waals surface area contributed by atoms with Crippen molar-refractivity contribution in [2.45, 2.75) is 20.3 Å². The van der Waals surface area contributed by atoms with E-state index in [4.69, 9.17) is 4.74 Å². The molecule has 0 rings (SSSR count). The molecule has 0 aliphatic heterocycles. The minimum Gasteiger partial charge on any atom is -0.372 e. The van der Waals surface area contributed by atoms with Crippen molar-refractivity contribution in [1.29, 1.82) is 0 Å². The predicted octanol–water partition coefficient (Wildman–Crippen LogP) is 2.56. The van der Waals surface area contributed by atoms with E-state index in [0.29, 0.717) is 6.61 Å². The Balaban J connectivity index is 4.10. The van der Waals surface area contributed by atoms with E-state index < -0.39 is 0 Å². The SMILES string of the molecule is C=C/C=C(\C=C/CC)N(C)CCOCC(C)=O. The topological polar surface area (TPSA) is 29.5 Å². The van der Waals surface area contributed by atoms with Gasteiger partial charge in [0.15, 0.2) is 5.78 Å². The summed E-state index contributed by atoms with van der Waals surface area (Å²) in [7, 11) is 1.99. The molecule has 0 N–H and O–H groups in total. The Kier molecular flexibility index (Phi) is 9.06. The van der Waals surface area contributed by atoms with Gasteiger partial charge in [0.25, 0.3) is 0 Å². The van der Waals surface area contributed by atoms with Gasteiger partial charge in [0.05, 0.1) is 6.61 Å². The number of likely N-dealkylation sites (N-methyl/N-ethyl adjacent to an activating group) is 1. The molecule has 0 radical (unpaired) electrons. The van der Waals surface area contributed by atoms with E-state index in [1.807, 2.05) is 13.1 Å². The fourth-order valence-corrected chi connectivity index (χ4v) is 1.22. The summed E-state index contributed by atoms with van der Waals surface area (Å²) in [6.45, 7) is 8.81.